The number of nitrogens with one attached hydrogen (secondary N) is 1. The lowest BCUT2D eigenvalue weighted by Crippen LogP contribution is -2.67. The van der Waals surface area contributed by atoms with E-state index in [9.17, 15) is 31.1 Å². The molecule has 3 heterocycles. The van der Waals surface area contributed by atoms with Crippen LogP contribution in [0.25, 0.3) is 11.3 Å². The van der Waals surface area contributed by atoms with E-state index in [1.807, 2.05) is 0 Å². The molecule has 1 fully saturated rings. The minimum absolute atomic E-state index is 0.00767. The number of hydrogen-bond donors (Lipinski definition) is 2. The number of halogens is 4. The van der Waals surface area contributed by atoms with Crippen LogP contribution in [0.15, 0.2) is 18.2 Å². The molecular weight excluding hydrogens is 468 g/mol. The Morgan fingerprint density at radius 1 is 1.27 bits per heavy atom. The van der Waals surface area contributed by atoms with Crippen molar-refractivity contribution in [3.05, 3.63) is 35.0 Å². The molecule has 0 saturated carbocycles. The van der Waals surface area contributed by atoms with Gasteiger partial charge < -0.3 is 14.7 Å². The van der Waals surface area contributed by atoms with E-state index in [1.165, 1.54) is 0 Å². The fourth-order valence-corrected chi connectivity index (χ4v) is 5.20. The summed E-state index contributed by atoms with van der Waals surface area (Å²) in [6.45, 7) is -1.59. The molecule has 2 N–H and O–H groups in total. The summed E-state index contributed by atoms with van der Waals surface area (Å²) < 4.78 is 88.0. The molecule has 33 heavy (non-hydrogen) atoms. The molecule has 5 rings (SSSR count). The molecule has 2 atom stereocenters. The quantitative estimate of drug-likeness (QED) is 0.621. The Balaban J connectivity index is 1.57. The summed E-state index contributed by atoms with van der Waals surface area (Å²) in [5.74, 6) is -6.34. The molecule has 3 aliphatic rings. The van der Waals surface area contributed by atoms with E-state index in [0.717, 1.165) is 11.2 Å². The lowest BCUT2D eigenvalue weighted by molar-refractivity contribution is -0.0861. The van der Waals surface area contributed by atoms with Crippen LogP contribution >= 0.6 is 0 Å². The summed E-state index contributed by atoms with van der Waals surface area (Å²) in [6.07, 6.45) is 0.562. The normalized spacial score (nSPS) is 24.7. The van der Waals surface area contributed by atoms with Crippen LogP contribution in [0, 0.1) is 0 Å². The summed E-state index contributed by atoms with van der Waals surface area (Å²) in [6, 6.07) is 2.60. The molecule has 8 nitrogen and oxygen atoms in total. The Hall–Kier alpha value is -2.51. The van der Waals surface area contributed by atoms with Gasteiger partial charge in [0.2, 0.25) is 16.0 Å². The zero-order valence-corrected chi connectivity index (χ0v) is 18.2. The maximum absolute atomic E-state index is 14.6. The standard InChI is InChI=1S/C20H20F4N4O4S/c1-33(30,31)27-13-8-32-14-6-10(2-3-11(13)14)16-12-4-5-19(21,22)17(12)26-18(25-16)28-9-20(23,24)15(28)7-29/h2-3,6,13,15,27,29H,4-5,7-9H2,1H3/t13-,15?/m0/s1. The van der Waals surface area contributed by atoms with E-state index in [4.69, 9.17) is 4.74 Å². The summed E-state index contributed by atoms with van der Waals surface area (Å²) in [5.41, 5.74) is 0.889. The van der Waals surface area contributed by atoms with E-state index < -0.39 is 59.2 Å². The van der Waals surface area contributed by atoms with E-state index in [1.54, 1.807) is 18.2 Å². The van der Waals surface area contributed by atoms with Crippen LogP contribution in [0.3, 0.4) is 0 Å². The zero-order valence-electron chi connectivity index (χ0n) is 17.4. The molecule has 1 aromatic carbocycles. The third-order valence-corrected chi connectivity index (χ3v) is 6.84. The molecule has 0 amide bonds. The predicted molar refractivity (Wildman–Crippen MR) is 109 cm³/mol. The summed E-state index contributed by atoms with van der Waals surface area (Å²) in [7, 11) is -3.48. The van der Waals surface area contributed by atoms with Gasteiger partial charge in [-0.1, -0.05) is 12.1 Å². The molecule has 0 radical (unpaired) electrons. The Morgan fingerprint density at radius 3 is 2.70 bits per heavy atom. The van der Waals surface area contributed by atoms with Gasteiger partial charge in [-0.25, -0.2) is 31.9 Å². The third kappa shape index (κ3) is 3.71. The number of ether oxygens (including phenoxy) is 1. The average molecular weight is 488 g/mol. The van der Waals surface area contributed by atoms with Crippen molar-refractivity contribution >= 4 is 16.0 Å². The molecule has 1 aromatic heterocycles. The summed E-state index contributed by atoms with van der Waals surface area (Å²) >= 11 is 0. The number of anilines is 1. The van der Waals surface area contributed by atoms with Crippen molar-refractivity contribution in [2.75, 3.05) is 30.9 Å². The highest BCUT2D eigenvalue weighted by Crippen LogP contribution is 2.47. The lowest BCUT2D eigenvalue weighted by atomic mass is 9.99. The van der Waals surface area contributed by atoms with Gasteiger partial charge in [0, 0.05) is 23.1 Å². The molecular formula is C20H20F4N4O4S. The number of alkyl halides is 4. The van der Waals surface area contributed by atoms with Crippen molar-refractivity contribution in [1.29, 1.82) is 0 Å². The van der Waals surface area contributed by atoms with Crippen molar-refractivity contribution in [3.8, 4) is 17.0 Å². The Kier molecular flexibility index (Phi) is 4.89. The fourth-order valence-electron chi connectivity index (χ4n) is 4.49. The SMILES string of the molecule is CS(=O)(=O)N[C@H]1COc2cc(-c3nc(N4CC(F)(F)C4CO)nc4c3CCC4(F)F)ccc21. The van der Waals surface area contributed by atoms with Gasteiger partial charge in [0.1, 0.15) is 24.1 Å². The smallest absolute Gasteiger partial charge is 0.290 e. The van der Waals surface area contributed by atoms with E-state index in [-0.39, 0.29) is 30.2 Å². The molecule has 1 unspecified atom stereocenters. The van der Waals surface area contributed by atoms with Crippen molar-refractivity contribution in [2.45, 2.75) is 36.8 Å². The van der Waals surface area contributed by atoms with Crippen molar-refractivity contribution in [1.82, 2.24) is 14.7 Å². The van der Waals surface area contributed by atoms with Gasteiger partial charge in [0.05, 0.1) is 31.1 Å². The first-order chi connectivity index (χ1) is 15.4. The molecule has 178 valence electrons. The highest BCUT2D eigenvalue weighted by atomic mass is 32.2. The molecule has 1 aliphatic carbocycles. The number of rotatable bonds is 5. The monoisotopic (exact) mass is 488 g/mol. The van der Waals surface area contributed by atoms with E-state index in [0.29, 0.717) is 16.9 Å². The van der Waals surface area contributed by atoms with Gasteiger partial charge in [-0.05, 0) is 12.5 Å². The van der Waals surface area contributed by atoms with Crippen LogP contribution in [0.5, 0.6) is 5.75 Å². The Morgan fingerprint density at radius 2 is 2.03 bits per heavy atom. The largest absolute Gasteiger partial charge is 0.491 e. The molecule has 0 spiro atoms. The lowest BCUT2D eigenvalue weighted by Gasteiger charge is -2.46. The number of aliphatic hydroxyl groups is 1. The van der Waals surface area contributed by atoms with Gasteiger partial charge in [-0.2, -0.15) is 8.78 Å². The van der Waals surface area contributed by atoms with Crippen molar-refractivity contribution in [3.63, 3.8) is 0 Å². The molecule has 1 saturated heterocycles. The Labute approximate surface area is 186 Å². The van der Waals surface area contributed by atoms with Crippen LogP contribution < -0.4 is 14.4 Å². The first-order valence-electron chi connectivity index (χ1n) is 10.2. The van der Waals surface area contributed by atoms with Gasteiger partial charge in [0.25, 0.3) is 11.8 Å². The van der Waals surface area contributed by atoms with Crippen LogP contribution in [0.4, 0.5) is 23.5 Å². The predicted octanol–water partition coefficient (Wildman–Crippen LogP) is 1.98. The van der Waals surface area contributed by atoms with Crippen LogP contribution in [-0.4, -0.2) is 61.5 Å². The van der Waals surface area contributed by atoms with Gasteiger partial charge in [-0.3, -0.25) is 0 Å². The van der Waals surface area contributed by atoms with Crippen LogP contribution in [0.1, 0.15) is 29.3 Å². The molecule has 2 aromatic rings. The highest BCUT2D eigenvalue weighted by molar-refractivity contribution is 7.88. The van der Waals surface area contributed by atoms with Crippen molar-refractivity contribution in [2.24, 2.45) is 0 Å². The number of aromatic nitrogens is 2. The second-order valence-electron chi connectivity index (χ2n) is 8.50. The highest BCUT2D eigenvalue weighted by Gasteiger charge is 2.56. The summed E-state index contributed by atoms with van der Waals surface area (Å²) in [5, 5.41) is 9.36. The summed E-state index contributed by atoms with van der Waals surface area (Å²) in [4.78, 5) is 9.28. The minimum atomic E-state index is -3.48. The number of hydrogen-bond acceptors (Lipinski definition) is 7. The minimum Gasteiger partial charge on any atom is -0.491 e. The molecule has 0 bridgehead atoms. The van der Waals surface area contributed by atoms with E-state index in [2.05, 4.69) is 14.7 Å². The second kappa shape index (κ2) is 7.24. The van der Waals surface area contributed by atoms with Crippen LogP contribution in [0.2, 0.25) is 0 Å². The number of nitrogens with zero attached hydrogens (tertiary/aromatic N) is 3. The maximum atomic E-state index is 14.6. The first-order valence-corrected chi connectivity index (χ1v) is 12.1. The van der Waals surface area contributed by atoms with Crippen LogP contribution in [-0.2, 0) is 22.4 Å². The third-order valence-electron chi connectivity index (χ3n) is 6.13. The van der Waals surface area contributed by atoms with Gasteiger partial charge in [-0.15, -0.1) is 0 Å². The molecule has 2 aliphatic heterocycles. The number of fused-ring (bicyclic) bond motifs is 2. The average Bonchev–Trinajstić information content (AvgIpc) is 3.25. The second-order valence-corrected chi connectivity index (χ2v) is 10.3. The molecule has 13 heteroatoms. The topological polar surface area (TPSA) is 105 Å². The maximum Gasteiger partial charge on any atom is 0.290 e. The van der Waals surface area contributed by atoms with Crippen molar-refractivity contribution < 1.29 is 35.8 Å². The Bertz CT molecular complexity index is 1240. The van der Waals surface area contributed by atoms with Gasteiger partial charge >= 0.3 is 0 Å². The number of aliphatic hydroxyl groups excluding tert-OH is 1. The van der Waals surface area contributed by atoms with Gasteiger partial charge in [0.15, 0.2) is 0 Å². The first kappa shape index (κ1) is 22.3. The number of benzene rings is 1. The number of sulfonamides is 1. The van der Waals surface area contributed by atoms with E-state index >= 15 is 0 Å². The fraction of sp³-hybridized carbons (Fsp3) is 0.500. The zero-order chi connectivity index (χ0) is 23.8.